The number of nitriles is 1. The first-order valence-electron chi connectivity index (χ1n) is 6.02. The largest absolute Gasteiger partial charge is 0.288 e. The van der Waals surface area contributed by atoms with E-state index < -0.39 is 0 Å². The maximum absolute atomic E-state index is 9.13. The molecule has 0 aromatic rings. The third-order valence-electron chi connectivity index (χ3n) is 3.44. The second-order valence-corrected chi connectivity index (χ2v) is 4.47. The molecular formula is C13H22N2. The molecule has 1 rings (SSSR count). The van der Waals surface area contributed by atoms with Crippen LogP contribution in [0.1, 0.15) is 44.9 Å². The van der Waals surface area contributed by atoms with Crippen LogP contribution in [0.4, 0.5) is 0 Å². The molecule has 0 amide bonds. The average molecular weight is 206 g/mol. The third-order valence-corrected chi connectivity index (χ3v) is 3.44. The molecule has 1 aliphatic carbocycles. The Morgan fingerprint density at radius 3 is 2.67 bits per heavy atom. The molecule has 0 aliphatic heterocycles. The zero-order chi connectivity index (χ0) is 11.1. The lowest BCUT2D eigenvalue weighted by molar-refractivity contribution is 0.159. The SMILES string of the molecule is C=CCCC(C#N)N(C)C1CCCCC1. The van der Waals surface area contributed by atoms with Crippen LogP contribution in [0.25, 0.3) is 0 Å². The quantitative estimate of drug-likeness (QED) is 0.646. The van der Waals surface area contributed by atoms with E-state index in [0.29, 0.717) is 6.04 Å². The lowest BCUT2D eigenvalue weighted by Crippen LogP contribution is -2.40. The first-order valence-corrected chi connectivity index (χ1v) is 6.02. The van der Waals surface area contributed by atoms with Gasteiger partial charge in [0.05, 0.1) is 12.1 Å². The van der Waals surface area contributed by atoms with Crippen LogP contribution < -0.4 is 0 Å². The molecule has 0 N–H and O–H groups in total. The second-order valence-electron chi connectivity index (χ2n) is 4.47. The van der Waals surface area contributed by atoms with E-state index in [0.717, 1.165) is 12.8 Å². The molecule has 1 aliphatic rings. The van der Waals surface area contributed by atoms with Gasteiger partial charge in [0.2, 0.25) is 0 Å². The van der Waals surface area contributed by atoms with Crippen molar-refractivity contribution in [2.75, 3.05) is 7.05 Å². The highest BCUT2D eigenvalue weighted by atomic mass is 15.2. The Bertz CT molecular complexity index is 223. The molecule has 0 bridgehead atoms. The summed E-state index contributed by atoms with van der Waals surface area (Å²) in [5, 5.41) is 9.13. The van der Waals surface area contributed by atoms with Crippen molar-refractivity contribution in [3.8, 4) is 6.07 Å². The Morgan fingerprint density at radius 1 is 1.47 bits per heavy atom. The van der Waals surface area contributed by atoms with E-state index in [9.17, 15) is 0 Å². The van der Waals surface area contributed by atoms with Crippen LogP contribution in [-0.2, 0) is 0 Å². The van der Waals surface area contributed by atoms with Gasteiger partial charge in [-0.15, -0.1) is 6.58 Å². The van der Waals surface area contributed by atoms with Crippen molar-refractivity contribution < 1.29 is 0 Å². The van der Waals surface area contributed by atoms with Crippen molar-refractivity contribution in [2.45, 2.75) is 57.0 Å². The zero-order valence-electron chi connectivity index (χ0n) is 9.78. The predicted octanol–water partition coefficient (Wildman–Crippen LogP) is 3.11. The molecule has 1 saturated carbocycles. The summed E-state index contributed by atoms with van der Waals surface area (Å²) in [7, 11) is 2.10. The molecule has 1 atom stereocenters. The summed E-state index contributed by atoms with van der Waals surface area (Å²) in [6, 6.07) is 3.12. The molecule has 0 aromatic carbocycles. The summed E-state index contributed by atoms with van der Waals surface area (Å²) >= 11 is 0. The highest BCUT2D eigenvalue weighted by molar-refractivity contribution is 4.94. The number of hydrogen-bond acceptors (Lipinski definition) is 2. The standard InChI is InChI=1S/C13H22N2/c1-3-4-8-13(11-14)15(2)12-9-6-5-7-10-12/h3,12-13H,1,4-10H2,2H3. The fraction of sp³-hybridized carbons (Fsp3) is 0.769. The molecule has 0 spiro atoms. The van der Waals surface area contributed by atoms with Gasteiger partial charge < -0.3 is 0 Å². The van der Waals surface area contributed by atoms with Crippen LogP contribution >= 0.6 is 0 Å². The predicted molar refractivity (Wildman–Crippen MR) is 63.5 cm³/mol. The van der Waals surface area contributed by atoms with Crippen LogP contribution in [0.3, 0.4) is 0 Å². The maximum Gasteiger partial charge on any atom is 0.0980 e. The van der Waals surface area contributed by atoms with Gasteiger partial charge in [0.25, 0.3) is 0 Å². The molecular weight excluding hydrogens is 184 g/mol. The topological polar surface area (TPSA) is 27.0 Å². The van der Waals surface area contributed by atoms with Crippen LogP contribution in [0.2, 0.25) is 0 Å². The molecule has 0 heterocycles. The van der Waals surface area contributed by atoms with Gasteiger partial charge in [0.15, 0.2) is 0 Å². The van der Waals surface area contributed by atoms with Gasteiger partial charge in [-0.05, 0) is 32.7 Å². The van der Waals surface area contributed by atoms with E-state index in [-0.39, 0.29) is 6.04 Å². The highest BCUT2D eigenvalue weighted by Gasteiger charge is 2.23. The summed E-state index contributed by atoms with van der Waals surface area (Å²) < 4.78 is 0. The Kier molecular flexibility index (Phi) is 5.42. The van der Waals surface area contributed by atoms with Gasteiger partial charge >= 0.3 is 0 Å². The van der Waals surface area contributed by atoms with Gasteiger partial charge in [0, 0.05) is 6.04 Å². The third kappa shape index (κ3) is 3.68. The van der Waals surface area contributed by atoms with Gasteiger partial charge in [-0.2, -0.15) is 5.26 Å². The van der Waals surface area contributed by atoms with E-state index in [1.54, 1.807) is 0 Å². The fourth-order valence-corrected chi connectivity index (χ4v) is 2.38. The van der Waals surface area contributed by atoms with Gasteiger partial charge in [-0.1, -0.05) is 25.3 Å². The summed E-state index contributed by atoms with van der Waals surface area (Å²) in [4.78, 5) is 2.28. The first-order chi connectivity index (χ1) is 7.29. The minimum atomic E-state index is 0.0751. The summed E-state index contributed by atoms with van der Waals surface area (Å²) in [6.07, 6.45) is 10.3. The smallest absolute Gasteiger partial charge is 0.0980 e. The first kappa shape index (κ1) is 12.3. The average Bonchev–Trinajstić information content (AvgIpc) is 2.31. The van der Waals surface area contributed by atoms with Crippen LogP contribution in [-0.4, -0.2) is 24.0 Å². The molecule has 0 saturated heterocycles. The van der Waals surface area contributed by atoms with E-state index in [4.69, 9.17) is 5.26 Å². The van der Waals surface area contributed by atoms with E-state index >= 15 is 0 Å². The van der Waals surface area contributed by atoms with Crippen LogP contribution in [0.15, 0.2) is 12.7 Å². The van der Waals surface area contributed by atoms with E-state index in [1.165, 1.54) is 32.1 Å². The number of hydrogen-bond donors (Lipinski definition) is 0. The van der Waals surface area contributed by atoms with Crippen LogP contribution in [0, 0.1) is 11.3 Å². The van der Waals surface area contributed by atoms with Crippen molar-refractivity contribution in [2.24, 2.45) is 0 Å². The van der Waals surface area contributed by atoms with Crippen molar-refractivity contribution in [3.63, 3.8) is 0 Å². The number of allylic oxidation sites excluding steroid dienone is 1. The molecule has 1 fully saturated rings. The van der Waals surface area contributed by atoms with E-state index in [1.807, 2.05) is 6.08 Å². The fourth-order valence-electron chi connectivity index (χ4n) is 2.38. The lowest BCUT2D eigenvalue weighted by Gasteiger charge is -2.34. The molecule has 0 radical (unpaired) electrons. The zero-order valence-corrected chi connectivity index (χ0v) is 9.78. The summed E-state index contributed by atoms with van der Waals surface area (Å²) in [5.74, 6) is 0. The van der Waals surface area contributed by atoms with Crippen molar-refractivity contribution >= 4 is 0 Å². The van der Waals surface area contributed by atoms with Crippen molar-refractivity contribution in [1.82, 2.24) is 4.90 Å². The highest BCUT2D eigenvalue weighted by Crippen LogP contribution is 2.23. The molecule has 0 aromatic heterocycles. The van der Waals surface area contributed by atoms with Crippen molar-refractivity contribution in [3.05, 3.63) is 12.7 Å². The Labute approximate surface area is 93.6 Å². The Morgan fingerprint density at radius 2 is 2.13 bits per heavy atom. The molecule has 15 heavy (non-hydrogen) atoms. The van der Waals surface area contributed by atoms with Crippen LogP contribution in [0.5, 0.6) is 0 Å². The molecule has 1 unspecified atom stereocenters. The normalized spacial score (nSPS) is 19.8. The molecule has 84 valence electrons. The number of nitrogens with zero attached hydrogens (tertiary/aromatic N) is 2. The molecule has 2 heteroatoms. The van der Waals surface area contributed by atoms with E-state index in [2.05, 4.69) is 24.6 Å². The van der Waals surface area contributed by atoms with Gasteiger partial charge in [-0.3, -0.25) is 4.90 Å². The van der Waals surface area contributed by atoms with Gasteiger partial charge in [0.1, 0.15) is 0 Å². The number of rotatable bonds is 5. The summed E-state index contributed by atoms with van der Waals surface area (Å²) in [6.45, 7) is 3.71. The second kappa shape index (κ2) is 6.63. The Hall–Kier alpha value is -0.810. The minimum absolute atomic E-state index is 0.0751. The lowest BCUT2D eigenvalue weighted by atomic mass is 9.93. The van der Waals surface area contributed by atoms with Gasteiger partial charge in [-0.25, -0.2) is 0 Å². The molecule has 2 nitrogen and oxygen atoms in total. The summed E-state index contributed by atoms with van der Waals surface area (Å²) in [5.41, 5.74) is 0. The monoisotopic (exact) mass is 206 g/mol. The maximum atomic E-state index is 9.13. The Balaban J connectivity index is 2.43. The minimum Gasteiger partial charge on any atom is -0.288 e. The van der Waals surface area contributed by atoms with Crippen molar-refractivity contribution in [1.29, 1.82) is 5.26 Å².